The monoisotopic (exact) mass is 350 g/mol. The second-order valence-electron chi connectivity index (χ2n) is 4.94. The smallest absolute Gasteiger partial charge is 0.255 e. The molecule has 2 N–H and O–H groups in total. The molecule has 0 spiro atoms. The first-order chi connectivity index (χ1) is 9.90. The number of nitrogens with zero attached hydrogens (tertiary/aromatic N) is 1. The molecular weight excluding hydrogens is 335 g/mol. The summed E-state index contributed by atoms with van der Waals surface area (Å²) in [5, 5.41) is 0. The van der Waals surface area contributed by atoms with E-state index in [0.29, 0.717) is 16.6 Å². The van der Waals surface area contributed by atoms with Gasteiger partial charge in [-0.15, -0.1) is 0 Å². The van der Waals surface area contributed by atoms with Gasteiger partial charge in [0.25, 0.3) is 5.91 Å². The van der Waals surface area contributed by atoms with Crippen molar-refractivity contribution in [2.24, 2.45) is 0 Å². The van der Waals surface area contributed by atoms with Crippen molar-refractivity contribution in [1.82, 2.24) is 4.90 Å². The second kappa shape index (κ2) is 6.26. The molecule has 0 fully saturated rings. The zero-order valence-electron chi connectivity index (χ0n) is 11.9. The molecule has 0 heterocycles. The first-order valence-corrected chi connectivity index (χ1v) is 7.24. The van der Waals surface area contributed by atoms with Crippen LogP contribution < -0.4 is 5.73 Å². The molecule has 2 aromatic carbocycles. The Balaban J connectivity index is 2.24. The van der Waals surface area contributed by atoms with Crippen molar-refractivity contribution in [3.8, 4) is 0 Å². The number of anilines is 1. The number of aryl methyl sites for hydroxylation is 1. The molecule has 0 aliphatic heterocycles. The van der Waals surface area contributed by atoms with E-state index in [1.807, 2.05) is 31.2 Å². The van der Waals surface area contributed by atoms with Gasteiger partial charge in [0.15, 0.2) is 0 Å². The molecule has 2 rings (SSSR count). The van der Waals surface area contributed by atoms with Gasteiger partial charge in [-0.05, 0) is 46.1 Å². The quantitative estimate of drug-likeness (QED) is 0.856. The van der Waals surface area contributed by atoms with Crippen molar-refractivity contribution < 1.29 is 9.18 Å². The van der Waals surface area contributed by atoms with Crippen molar-refractivity contribution in [3.05, 3.63) is 63.4 Å². The minimum atomic E-state index is -0.542. The molecule has 3 nitrogen and oxygen atoms in total. The molecule has 0 aliphatic carbocycles. The predicted molar refractivity (Wildman–Crippen MR) is 85.5 cm³/mol. The molecule has 0 aliphatic rings. The summed E-state index contributed by atoms with van der Waals surface area (Å²) in [7, 11) is 1.71. The lowest BCUT2D eigenvalue weighted by molar-refractivity contribution is 0.0784. The average Bonchev–Trinajstić information content (AvgIpc) is 2.44. The van der Waals surface area contributed by atoms with E-state index < -0.39 is 5.82 Å². The highest BCUT2D eigenvalue weighted by atomic mass is 79.9. The molecule has 0 bridgehead atoms. The average molecular weight is 351 g/mol. The van der Waals surface area contributed by atoms with Crippen LogP contribution in [0.3, 0.4) is 0 Å². The highest BCUT2D eigenvalue weighted by Gasteiger charge is 2.17. The lowest BCUT2D eigenvalue weighted by Crippen LogP contribution is -2.27. The summed E-state index contributed by atoms with van der Waals surface area (Å²) in [6.45, 7) is 2.48. The largest absolute Gasteiger partial charge is 0.396 e. The van der Waals surface area contributed by atoms with E-state index in [-0.39, 0.29) is 11.6 Å². The third-order valence-corrected chi connectivity index (χ3v) is 3.99. The van der Waals surface area contributed by atoms with Crippen molar-refractivity contribution in [1.29, 1.82) is 0 Å². The zero-order valence-corrected chi connectivity index (χ0v) is 13.4. The molecule has 0 saturated carbocycles. The molecular formula is C16H16BrFN2O. The zero-order chi connectivity index (χ0) is 15.6. The Morgan fingerprint density at radius 1 is 1.33 bits per heavy atom. The summed E-state index contributed by atoms with van der Waals surface area (Å²) < 4.78 is 13.7. The van der Waals surface area contributed by atoms with Crippen molar-refractivity contribution >= 4 is 27.5 Å². The van der Waals surface area contributed by atoms with Gasteiger partial charge in [0.2, 0.25) is 0 Å². The number of carbonyl (C=O) groups excluding carboxylic acids is 1. The minimum absolute atomic E-state index is 0.0363. The molecule has 2 aromatic rings. The van der Waals surface area contributed by atoms with Crippen LogP contribution in [-0.2, 0) is 6.54 Å². The highest BCUT2D eigenvalue weighted by molar-refractivity contribution is 9.10. The van der Waals surface area contributed by atoms with E-state index in [1.54, 1.807) is 11.9 Å². The van der Waals surface area contributed by atoms with Crippen LogP contribution in [-0.4, -0.2) is 17.9 Å². The number of rotatable bonds is 3. The number of hydrogen-bond donors (Lipinski definition) is 1. The van der Waals surface area contributed by atoms with E-state index in [9.17, 15) is 9.18 Å². The molecule has 110 valence electrons. The summed E-state index contributed by atoms with van der Waals surface area (Å²) in [6.07, 6.45) is 0. The van der Waals surface area contributed by atoms with Crippen molar-refractivity contribution in [2.75, 3.05) is 12.8 Å². The van der Waals surface area contributed by atoms with Crippen molar-refractivity contribution in [2.45, 2.75) is 13.5 Å². The summed E-state index contributed by atoms with van der Waals surface area (Å²) in [5.74, 6) is -0.753. The third kappa shape index (κ3) is 3.42. The number of nitrogens with two attached hydrogens (primary N) is 1. The Labute approximate surface area is 131 Å². The van der Waals surface area contributed by atoms with Gasteiger partial charge >= 0.3 is 0 Å². The SMILES string of the molecule is Cc1ccccc1CN(C)C(=O)c1cc(N)c(F)cc1Br. The fourth-order valence-electron chi connectivity index (χ4n) is 2.05. The lowest BCUT2D eigenvalue weighted by Gasteiger charge is -2.19. The fourth-order valence-corrected chi connectivity index (χ4v) is 2.54. The lowest BCUT2D eigenvalue weighted by atomic mass is 10.1. The van der Waals surface area contributed by atoms with Crippen LogP contribution in [0, 0.1) is 12.7 Å². The molecule has 5 heteroatoms. The van der Waals surface area contributed by atoms with Gasteiger partial charge in [-0.3, -0.25) is 4.79 Å². The topological polar surface area (TPSA) is 46.3 Å². The first kappa shape index (κ1) is 15.5. The molecule has 1 amide bonds. The predicted octanol–water partition coefficient (Wildman–Crippen LogP) is 3.75. The first-order valence-electron chi connectivity index (χ1n) is 6.44. The summed E-state index contributed by atoms with van der Waals surface area (Å²) >= 11 is 3.21. The van der Waals surface area contributed by atoms with Gasteiger partial charge in [-0.2, -0.15) is 0 Å². The maximum atomic E-state index is 13.3. The van der Waals surface area contributed by atoms with Crippen LogP contribution >= 0.6 is 15.9 Å². The number of carbonyl (C=O) groups is 1. The van der Waals surface area contributed by atoms with Crippen LogP contribution in [0.1, 0.15) is 21.5 Å². The van der Waals surface area contributed by atoms with Gasteiger partial charge in [-0.25, -0.2) is 4.39 Å². The molecule has 0 aromatic heterocycles. The van der Waals surface area contributed by atoms with E-state index in [0.717, 1.165) is 11.1 Å². The molecule has 0 saturated heterocycles. The van der Waals surface area contributed by atoms with E-state index in [2.05, 4.69) is 15.9 Å². The molecule has 0 radical (unpaired) electrons. The van der Waals surface area contributed by atoms with Crippen LogP contribution in [0.15, 0.2) is 40.9 Å². The van der Waals surface area contributed by atoms with Crippen LogP contribution in [0.25, 0.3) is 0 Å². The number of halogens is 2. The Morgan fingerprint density at radius 3 is 2.67 bits per heavy atom. The van der Waals surface area contributed by atoms with Gasteiger partial charge in [-0.1, -0.05) is 24.3 Å². The molecule has 0 unspecified atom stereocenters. The van der Waals surface area contributed by atoms with E-state index in [1.165, 1.54) is 12.1 Å². The maximum absolute atomic E-state index is 13.3. The summed E-state index contributed by atoms with van der Waals surface area (Å²) in [4.78, 5) is 14.0. The summed E-state index contributed by atoms with van der Waals surface area (Å²) in [6, 6.07) is 10.4. The van der Waals surface area contributed by atoms with Gasteiger partial charge in [0.1, 0.15) is 5.82 Å². The number of hydrogen-bond acceptors (Lipinski definition) is 2. The van der Waals surface area contributed by atoms with Gasteiger partial charge in [0, 0.05) is 18.1 Å². The van der Waals surface area contributed by atoms with E-state index in [4.69, 9.17) is 5.73 Å². The Bertz CT molecular complexity index is 688. The highest BCUT2D eigenvalue weighted by Crippen LogP contribution is 2.24. The van der Waals surface area contributed by atoms with Gasteiger partial charge < -0.3 is 10.6 Å². The van der Waals surface area contributed by atoms with Crippen LogP contribution in [0.2, 0.25) is 0 Å². The fraction of sp³-hybridized carbons (Fsp3) is 0.188. The summed E-state index contributed by atoms with van der Waals surface area (Å²) in [5.41, 5.74) is 8.04. The Kier molecular flexibility index (Phi) is 4.63. The second-order valence-corrected chi connectivity index (χ2v) is 5.80. The van der Waals surface area contributed by atoms with Gasteiger partial charge in [0.05, 0.1) is 11.3 Å². The standard InChI is InChI=1S/C16H16BrFN2O/c1-10-5-3-4-6-11(10)9-20(2)16(21)12-7-15(19)14(18)8-13(12)17/h3-8H,9,19H2,1-2H3. The Hall–Kier alpha value is -1.88. The number of nitrogen functional groups attached to an aromatic ring is 1. The number of benzene rings is 2. The van der Waals surface area contributed by atoms with Crippen molar-refractivity contribution in [3.63, 3.8) is 0 Å². The molecule has 21 heavy (non-hydrogen) atoms. The number of amides is 1. The Morgan fingerprint density at radius 2 is 2.00 bits per heavy atom. The normalized spacial score (nSPS) is 10.5. The van der Waals surface area contributed by atoms with Crippen LogP contribution in [0.4, 0.5) is 10.1 Å². The maximum Gasteiger partial charge on any atom is 0.255 e. The molecule has 0 atom stereocenters. The van der Waals surface area contributed by atoms with Crippen LogP contribution in [0.5, 0.6) is 0 Å². The third-order valence-electron chi connectivity index (χ3n) is 3.33. The minimum Gasteiger partial charge on any atom is -0.396 e. The van der Waals surface area contributed by atoms with E-state index >= 15 is 0 Å².